The summed E-state index contributed by atoms with van der Waals surface area (Å²) in [6.45, 7) is 9.53. The molecule has 0 bridgehead atoms. The van der Waals surface area contributed by atoms with Gasteiger partial charge in [0.05, 0.1) is 18.0 Å². The third kappa shape index (κ3) is 3.14. The number of aryl methyl sites for hydroxylation is 1. The third-order valence-electron chi connectivity index (χ3n) is 2.73. The van der Waals surface area contributed by atoms with Gasteiger partial charge in [0.1, 0.15) is 0 Å². The Morgan fingerprint density at radius 3 is 2.69 bits per heavy atom. The largest absolute Gasteiger partial charge is 0.397 e. The SMILES string of the molecule is CCOCCN(CC)c1cccc(C)c1N. The highest BCUT2D eigenvalue weighted by Gasteiger charge is 2.08. The molecule has 1 rings (SSSR count). The van der Waals surface area contributed by atoms with Gasteiger partial charge in [-0.1, -0.05) is 12.1 Å². The van der Waals surface area contributed by atoms with E-state index in [1.54, 1.807) is 0 Å². The number of ether oxygens (including phenoxy) is 1. The molecule has 16 heavy (non-hydrogen) atoms. The lowest BCUT2D eigenvalue weighted by Gasteiger charge is -2.25. The third-order valence-corrected chi connectivity index (χ3v) is 2.73. The lowest BCUT2D eigenvalue weighted by Crippen LogP contribution is -2.28. The molecule has 0 radical (unpaired) electrons. The molecule has 0 unspecified atom stereocenters. The number of likely N-dealkylation sites (N-methyl/N-ethyl adjacent to an activating group) is 1. The van der Waals surface area contributed by atoms with Gasteiger partial charge in [-0.05, 0) is 32.4 Å². The molecule has 0 aliphatic carbocycles. The van der Waals surface area contributed by atoms with Crippen LogP contribution in [0, 0.1) is 6.92 Å². The fourth-order valence-electron chi connectivity index (χ4n) is 1.71. The van der Waals surface area contributed by atoms with E-state index < -0.39 is 0 Å². The van der Waals surface area contributed by atoms with E-state index in [1.807, 2.05) is 26.0 Å². The first kappa shape index (κ1) is 12.8. The van der Waals surface area contributed by atoms with Crippen molar-refractivity contribution in [3.8, 4) is 0 Å². The second-order valence-electron chi connectivity index (χ2n) is 3.78. The standard InChI is InChI=1S/C13H22N2O/c1-4-15(9-10-16-5-2)12-8-6-7-11(3)13(12)14/h6-8H,4-5,9-10,14H2,1-3H3. The monoisotopic (exact) mass is 222 g/mol. The highest BCUT2D eigenvalue weighted by Crippen LogP contribution is 2.25. The number of para-hydroxylation sites is 1. The lowest BCUT2D eigenvalue weighted by molar-refractivity contribution is 0.154. The van der Waals surface area contributed by atoms with E-state index in [0.29, 0.717) is 0 Å². The van der Waals surface area contributed by atoms with E-state index in [0.717, 1.165) is 43.2 Å². The Morgan fingerprint density at radius 1 is 1.31 bits per heavy atom. The van der Waals surface area contributed by atoms with E-state index in [2.05, 4.69) is 17.9 Å². The first-order valence-electron chi connectivity index (χ1n) is 5.88. The predicted octanol–water partition coefficient (Wildman–Crippen LogP) is 2.44. The molecule has 0 saturated heterocycles. The molecule has 0 fully saturated rings. The number of nitrogens with zero attached hydrogens (tertiary/aromatic N) is 1. The number of rotatable bonds is 6. The summed E-state index contributed by atoms with van der Waals surface area (Å²) in [4.78, 5) is 2.25. The van der Waals surface area contributed by atoms with Crippen molar-refractivity contribution in [3.05, 3.63) is 23.8 Å². The summed E-state index contributed by atoms with van der Waals surface area (Å²) in [6.07, 6.45) is 0. The van der Waals surface area contributed by atoms with E-state index in [-0.39, 0.29) is 0 Å². The number of nitrogens with two attached hydrogens (primary N) is 1. The van der Waals surface area contributed by atoms with Crippen LogP contribution in [0.3, 0.4) is 0 Å². The zero-order valence-corrected chi connectivity index (χ0v) is 10.5. The number of hydrogen-bond acceptors (Lipinski definition) is 3. The summed E-state index contributed by atoms with van der Waals surface area (Å²) in [5.41, 5.74) is 9.20. The predicted molar refractivity (Wildman–Crippen MR) is 70.0 cm³/mol. The molecule has 0 aliphatic rings. The molecule has 3 heteroatoms. The quantitative estimate of drug-likeness (QED) is 0.593. The van der Waals surface area contributed by atoms with Gasteiger partial charge >= 0.3 is 0 Å². The molecule has 0 aromatic heterocycles. The van der Waals surface area contributed by atoms with Crippen LogP contribution in [0.15, 0.2) is 18.2 Å². The van der Waals surface area contributed by atoms with E-state index >= 15 is 0 Å². The van der Waals surface area contributed by atoms with Crippen LogP contribution in [-0.4, -0.2) is 26.3 Å². The zero-order chi connectivity index (χ0) is 12.0. The van der Waals surface area contributed by atoms with Crippen LogP contribution in [-0.2, 0) is 4.74 Å². The van der Waals surface area contributed by atoms with Crippen LogP contribution in [0.1, 0.15) is 19.4 Å². The van der Waals surface area contributed by atoms with Crippen molar-refractivity contribution in [1.82, 2.24) is 0 Å². The van der Waals surface area contributed by atoms with Gasteiger partial charge in [-0.2, -0.15) is 0 Å². The summed E-state index contributed by atoms with van der Waals surface area (Å²) in [5.74, 6) is 0. The van der Waals surface area contributed by atoms with Gasteiger partial charge in [-0.25, -0.2) is 0 Å². The molecule has 0 spiro atoms. The van der Waals surface area contributed by atoms with Crippen molar-refractivity contribution in [2.75, 3.05) is 36.9 Å². The van der Waals surface area contributed by atoms with E-state index in [1.165, 1.54) is 0 Å². The molecule has 1 aromatic carbocycles. The van der Waals surface area contributed by atoms with Gasteiger partial charge in [-0.3, -0.25) is 0 Å². The Morgan fingerprint density at radius 2 is 2.06 bits per heavy atom. The second-order valence-corrected chi connectivity index (χ2v) is 3.78. The Balaban J connectivity index is 2.74. The molecule has 0 saturated carbocycles. The minimum atomic E-state index is 0.748. The van der Waals surface area contributed by atoms with Gasteiger partial charge in [-0.15, -0.1) is 0 Å². The maximum atomic E-state index is 6.08. The van der Waals surface area contributed by atoms with Crippen molar-refractivity contribution in [2.24, 2.45) is 0 Å². The molecular weight excluding hydrogens is 200 g/mol. The molecule has 0 atom stereocenters. The topological polar surface area (TPSA) is 38.5 Å². The molecular formula is C13H22N2O. The molecule has 90 valence electrons. The number of hydrogen-bond donors (Lipinski definition) is 1. The van der Waals surface area contributed by atoms with Crippen molar-refractivity contribution >= 4 is 11.4 Å². The number of nitrogen functional groups attached to an aromatic ring is 1. The van der Waals surface area contributed by atoms with Gasteiger partial charge in [0, 0.05) is 19.7 Å². The van der Waals surface area contributed by atoms with Crippen molar-refractivity contribution in [1.29, 1.82) is 0 Å². The van der Waals surface area contributed by atoms with Crippen LogP contribution in [0.25, 0.3) is 0 Å². The lowest BCUT2D eigenvalue weighted by atomic mass is 10.1. The fourth-order valence-corrected chi connectivity index (χ4v) is 1.71. The van der Waals surface area contributed by atoms with Crippen LogP contribution in [0.5, 0.6) is 0 Å². The van der Waals surface area contributed by atoms with E-state index in [9.17, 15) is 0 Å². The summed E-state index contributed by atoms with van der Waals surface area (Å²) >= 11 is 0. The Hall–Kier alpha value is -1.22. The highest BCUT2D eigenvalue weighted by atomic mass is 16.5. The average molecular weight is 222 g/mol. The van der Waals surface area contributed by atoms with Gasteiger partial charge < -0.3 is 15.4 Å². The average Bonchev–Trinajstić information content (AvgIpc) is 2.29. The van der Waals surface area contributed by atoms with Crippen molar-refractivity contribution in [3.63, 3.8) is 0 Å². The van der Waals surface area contributed by atoms with Gasteiger partial charge in [0.2, 0.25) is 0 Å². The van der Waals surface area contributed by atoms with Gasteiger partial charge in [0.15, 0.2) is 0 Å². The minimum absolute atomic E-state index is 0.748. The minimum Gasteiger partial charge on any atom is -0.397 e. The van der Waals surface area contributed by atoms with E-state index in [4.69, 9.17) is 10.5 Å². The van der Waals surface area contributed by atoms with Crippen molar-refractivity contribution < 1.29 is 4.74 Å². The first-order chi connectivity index (χ1) is 7.70. The molecule has 3 nitrogen and oxygen atoms in total. The molecule has 1 aromatic rings. The maximum absolute atomic E-state index is 6.08. The summed E-state index contributed by atoms with van der Waals surface area (Å²) in [7, 11) is 0. The van der Waals surface area contributed by atoms with Crippen LogP contribution < -0.4 is 10.6 Å². The Bertz CT molecular complexity index is 326. The normalized spacial score (nSPS) is 10.4. The fraction of sp³-hybridized carbons (Fsp3) is 0.538. The highest BCUT2D eigenvalue weighted by molar-refractivity contribution is 5.70. The Kier molecular flexibility index (Phi) is 5.12. The summed E-state index contributed by atoms with van der Waals surface area (Å²) < 4.78 is 5.37. The summed E-state index contributed by atoms with van der Waals surface area (Å²) in [5, 5.41) is 0. The van der Waals surface area contributed by atoms with Gasteiger partial charge in [0.25, 0.3) is 0 Å². The Labute approximate surface area is 98.2 Å². The first-order valence-corrected chi connectivity index (χ1v) is 5.88. The molecule has 0 heterocycles. The molecule has 0 amide bonds. The maximum Gasteiger partial charge on any atom is 0.0641 e. The summed E-state index contributed by atoms with van der Waals surface area (Å²) in [6, 6.07) is 6.15. The van der Waals surface area contributed by atoms with Crippen LogP contribution in [0.2, 0.25) is 0 Å². The molecule has 0 aliphatic heterocycles. The smallest absolute Gasteiger partial charge is 0.0641 e. The molecule has 2 N–H and O–H groups in total. The van der Waals surface area contributed by atoms with Crippen LogP contribution >= 0.6 is 0 Å². The van der Waals surface area contributed by atoms with Crippen molar-refractivity contribution in [2.45, 2.75) is 20.8 Å². The number of benzene rings is 1. The number of anilines is 2. The second kappa shape index (κ2) is 6.38. The van der Waals surface area contributed by atoms with Crippen LogP contribution in [0.4, 0.5) is 11.4 Å². The zero-order valence-electron chi connectivity index (χ0n) is 10.5.